The van der Waals surface area contributed by atoms with Gasteiger partial charge in [-0.05, 0) is 93.0 Å². The molecule has 0 bridgehead atoms. The first kappa shape index (κ1) is 28.5. The first-order chi connectivity index (χ1) is 15.1. The zero-order valence-electron chi connectivity index (χ0n) is 20.6. The van der Waals surface area contributed by atoms with Crippen LogP contribution in [0.5, 0.6) is 5.75 Å². The van der Waals surface area contributed by atoms with E-state index in [0.717, 1.165) is 31.7 Å². The van der Waals surface area contributed by atoms with Crippen molar-refractivity contribution in [3.8, 4) is 5.75 Å². The molecule has 7 heteroatoms. The number of carbonyl (C=O) groups is 1. The Labute approximate surface area is 203 Å². The van der Waals surface area contributed by atoms with Crippen LogP contribution in [0.3, 0.4) is 0 Å². The number of ether oxygens (including phenoxy) is 2. The van der Waals surface area contributed by atoms with Crippen molar-refractivity contribution in [2.75, 3.05) is 20.2 Å². The average Bonchev–Trinajstić information content (AvgIpc) is 2.70. The van der Waals surface area contributed by atoms with Gasteiger partial charge in [0.1, 0.15) is 11.4 Å². The molecule has 0 aliphatic carbocycles. The molecule has 0 radical (unpaired) electrons. The number of amides is 1. The summed E-state index contributed by atoms with van der Waals surface area (Å²) < 4.78 is 13.1. The van der Waals surface area contributed by atoms with Gasteiger partial charge in [0.05, 0.1) is 7.11 Å². The first-order valence-electron chi connectivity index (χ1n) is 11.1. The summed E-state index contributed by atoms with van der Waals surface area (Å²) in [6.07, 6.45) is 3.26. The standard InChI is InChI=1S/C25H40N2O3S2/c1-9-22(31-10-2)17-20(26-24(28)30-25(5,6)7)15-16-27(18-19(3)4)32-23-13-11-21(29-8)12-14-23/h9-14,19-20H,2,15-18H2,1,3-8H3,(H,26,28)/b22-9-. The van der Waals surface area contributed by atoms with Crippen molar-refractivity contribution in [2.24, 2.45) is 5.92 Å². The van der Waals surface area contributed by atoms with E-state index in [-0.39, 0.29) is 12.1 Å². The van der Waals surface area contributed by atoms with E-state index in [2.05, 4.69) is 48.3 Å². The Kier molecular flexibility index (Phi) is 12.9. The third-order valence-electron chi connectivity index (χ3n) is 4.31. The number of nitrogens with zero attached hydrogens (tertiary/aromatic N) is 1. The maximum Gasteiger partial charge on any atom is 0.407 e. The minimum Gasteiger partial charge on any atom is -0.497 e. The monoisotopic (exact) mass is 480 g/mol. The van der Waals surface area contributed by atoms with E-state index < -0.39 is 5.60 Å². The minimum atomic E-state index is -0.526. The van der Waals surface area contributed by atoms with Crippen molar-refractivity contribution in [3.63, 3.8) is 0 Å². The van der Waals surface area contributed by atoms with E-state index >= 15 is 0 Å². The normalized spacial score (nSPS) is 13.2. The van der Waals surface area contributed by atoms with Gasteiger partial charge in [0.2, 0.25) is 0 Å². The Morgan fingerprint density at radius 2 is 1.91 bits per heavy atom. The molecule has 0 saturated carbocycles. The lowest BCUT2D eigenvalue weighted by Crippen LogP contribution is -2.40. The third kappa shape index (κ3) is 12.5. The summed E-state index contributed by atoms with van der Waals surface area (Å²) in [7, 11) is 1.68. The lowest BCUT2D eigenvalue weighted by atomic mass is 10.1. The number of rotatable bonds is 13. The van der Waals surface area contributed by atoms with Crippen LogP contribution in [0.15, 0.2) is 52.1 Å². The number of carbonyl (C=O) groups excluding carboxylic acids is 1. The van der Waals surface area contributed by atoms with Gasteiger partial charge in [0.25, 0.3) is 0 Å². The molecule has 0 aromatic heterocycles. The molecule has 5 nitrogen and oxygen atoms in total. The molecule has 1 atom stereocenters. The number of benzene rings is 1. The number of methoxy groups -OCH3 is 1. The van der Waals surface area contributed by atoms with Crippen LogP contribution in [0, 0.1) is 5.92 Å². The van der Waals surface area contributed by atoms with Crippen LogP contribution in [0.1, 0.15) is 54.4 Å². The molecular weight excluding hydrogens is 440 g/mol. The Balaban J connectivity index is 2.88. The highest BCUT2D eigenvalue weighted by molar-refractivity contribution is 8.05. The SMILES string of the molecule is C=CS/C(=C\C)CC(CCN(CC(C)C)Sc1ccc(OC)cc1)NC(=O)OC(C)(C)C. The molecule has 0 saturated heterocycles. The molecule has 1 unspecified atom stereocenters. The van der Waals surface area contributed by atoms with Gasteiger partial charge in [-0.2, -0.15) is 0 Å². The summed E-state index contributed by atoms with van der Waals surface area (Å²) in [5.74, 6) is 1.38. The van der Waals surface area contributed by atoms with Crippen LogP contribution in [0.2, 0.25) is 0 Å². The van der Waals surface area contributed by atoms with E-state index in [1.165, 1.54) is 9.80 Å². The quantitative estimate of drug-likeness (QED) is 0.304. The molecule has 1 aromatic rings. The highest BCUT2D eigenvalue weighted by Crippen LogP contribution is 2.28. The molecule has 1 amide bonds. The second kappa shape index (κ2) is 14.6. The second-order valence-corrected chi connectivity index (χ2v) is 11.2. The highest BCUT2D eigenvalue weighted by atomic mass is 32.2. The van der Waals surface area contributed by atoms with Gasteiger partial charge >= 0.3 is 6.09 Å². The van der Waals surface area contributed by atoms with Crippen LogP contribution in [-0.2, 0) is 4.74 Å². The van der Waals surface area contributed by atoms with Crippen molar-refractivity contribution in [3.05, 3.63) is 47.2 Å². The fourth-order valence-corrected chi connectivity index (χ4v) is 4.72. The van der Waals surface area contributed by atoms with Crippen LogP contribution < -0.4 is 10.1 Å². The first-order valence-corrected chi connectivity index (χ1v) is 12.7. The van der Waals surface area contributed by atoms with Gasteiger partial charge in [0, 0.05) is 24.0 Å². The summed E-state index contributed by atoms with van der Waals surface area (Å²) in [6, 6.07) is 8.08. The van der Waals surface area contributed by atoms with Gasteiger partial charge in [-0.15, -0.1) is 11.8 Å². The maximum atomic E-state index is 12.5. The molecule has 1 aromatic carbocycles. The Morgan fingerprint density at radius 1 is 1.25 bits per heavy atom. The number of thioether (sulfide) groups is 1. The molecule has 0 fully saturated rings. The summed E-state index contributed by atoms with van der Waals surface area (Å²) in [6.45, 7) is 17.7. The molecule has 0 spiro atoms. The number of hydrogen-bond acceptors (Lipinski definition) is 6. The van der Waals surface area contributed by atoms with Gasteiger partial charge in [-0.1, -0.05) is 26.5 Å². The summed E-state index contributed by atoms with van der Waals surface area (Å²) in [4.78, 5) is 14.8. The van der Waals surface area contributed by atoms with Crippen molar-refractivity contribution < 1.29 is 14.3 Å². The van der Waals surface area contributed by atoms with Crippen molar-refractivity contribution >= 4 is 29.8 Å². The van der Waals surface area contributed by atoms with Gasteiger partial charge in [-0.25, -0.2) is 9.10 Å². The lowest BCUT2D eigenvalue weighted by molar-refractivity contribution is 0.0501. The fraction of sp³-hybridized carbons (Fsp3) is 0.560. The molecule has 1 N–H and O–H groups in total. The van der Waals surface area contributed by atoms with Gasteiger partial charge < -0.3 is 14.8 Å². The fourth-order valence-electron chi connectivity index (χ4n) is 2.95. The molecule has 32 heavy (non-hydrogen) atoms. The second-order valence-electron chi connectivity index (χ2n) is 8.92. The minimum absolute atomic E-state index is 0.0328. The van der Waals surface area contributed by atoms with Crippen molar-refractivity contribution in [1.82, 2.24) is 9.62 Å². The van der Waals surface area contributed by atoms with E-state index in [1.54, 1.807) is 30.8 Å². The topological polar surface area (TPSA) is 50.8 Å². The zero-order valence-corrected chi connectivity index (χ0v) is 22.3. The Bertz CT molecular complexity index is 728. The van der Waals surface area contributed by atoms with Crippen molar-refractivity contribution in [2.45, 2.75) is 70.9 Å². The number of alkyl carbamates (subject to hydrolysis) is 1. The average molecular weight is 481 g/mol. The van der Waals surface area contributed by atoms with E-state index in [0.29, 0.717) is 5.92 Å². The largest absolute Gasteiger partial charge is 0.497 e. The predicted molar refractivity (Wildman–Crippen MR) is 139 cm³/mol. The predicted octanol–water partition coefficient (Wildman–Crippen LogP) is 7.11. The molecule has 0 aliphatic rings. The van der Waals surface area contributed by atoms with E-state index in [1.807, 2.05) is 45.2 Å². The molecule has 0 heterocycles. The van der Waals surface area contributed by atoms with Gasteiger partial charge in [0.15, 0.2) is 0 Å². The summed E-state index contributed by atoms with van der Waals surface area (Å²) >= 11 is 3.34. The maximum absolute atomic E-state index is 12.5. The lowest BCUT2D eigenvalue weighted by Gasteiger charge is -2.27. The van der Waals surface area contributed by atoms with E-state index in [4.69, 9.17) is 9.47 Å². The molecular formula is C25H40N2O3S2. The molecule has 1 rings (SSSR count). The third-order valence-corrected chi connectivity index (χ3v) is 6.26. The molecule has 0 aliphatic heterocycles. The zero-order chi connectivity index (χ0) is 24.1. The van der Waals surface area contributed by atoms with Crippen LogP contribution in [-0.4, -0.2) is 42.2 Å². The highest BCUT2D eigenvalue weighted by Gasteiger charge is 2.21. The summed E-state index contributed by atoms with van der Waals surface area (Å²) in [5, 5.41) is 4.91. The van der Waals surface area contributed by atoms with Crippen LogP contribution in [0.25, 0.3) is 0 Å². The van der Waals surface area contributed by atoms with Crippen molar-refractivity contribution in [1.29, 1.82) is 0 Å². The van der Waals surface area contributed by atoms with E-state index in [9.17, 15) is 4.79 Å². The Morgan fingerprint density at radius 3 is 2.41 bits per heavy atom. The summed E-state index contributed by atoms with van der Waals surface area (Å²) in [5.41, 5.74) is -0.526. The Hall–Kier alpha value is -1.57. The van der Waals surface area contributed by atoms with Crippen LogP contribution >= 0.6 is 23.7 Å². The smallest absolute Gasteiger partial charge is 0.407 e. The number of allylic oxidation sites excluding steroid dienone is 1. The van der Waals surface area contributed by atoms with Gasteiger partial charge in [-0.3, -0.25) is 0 Å². The number of hydrogen-bond donors (Lipinski definition) is 1. The number of nitrogens with one attached hydrogen (secondary N) is 1. The van der Waals surface area contributed by atoms with Crippen LogP contribution in [0.4, 0.5) is 4.79 Å². The molecule has 180 valence electrons.